The standard InChI is InChI=1S/C70H77BN2O2/c1-64(2,3)40-18-24-59-45(30-40)47-36-53-55(38-61(47)74-59)72(43-20-22-49-51(34-43)69(14,15)28-26-67(49,10)11)57-32-42(66(7,8)9)33-58-63(57)71(53)54-37-48-46-31-41(65(4,5)6)19-25-60(46)75-62(48)39-56(54)73(58)44-21-23-50-52(35-44)70(16,17)29-27-68(50,12)13/h18-25,30-39H,26-29H2,1-17H3. The Morgan fingerprint density at radius 3 is 1.09 bits per heavy atom. The maximum absolute atomic E-state index is 7.00. The lowest BCUT2D eigenvalue weighted by atomic mass is 9.33. The van der Waals surface area contributed by atoms with Crippen LogP contribution in [0.15, 0.2) is 118 Å². The second-order valence-corrected chi connectivity index (χ2v) is 29.2. The fourth-order valence-electron chi connectivity index (χ4n) is 13.9. The van der Waals surface area contributed by atoms with Crippen LogP contribution in [0.3, 0.4) is 0 Å². The number of furan rings is 2. The van der Waals surface area contributed by atoms with Crippen LogP contribution >= 0.6 is 0 Å². The molecule has 0 radical (unpaired) electrons. The second kappa shape index (κ2) is 15.3. The molecule has 0 fully saturated rings. The number of fused-ring (bicyclic) bond motifs is 12. The van der Waals surface area contributed by atoms with Gasteiger partial charge < -0.3 is 18.6 Å². The van der Waals surface area contributed by atoms with E-state index >= 15 is 0 Å². The quantitative estimate of drug-likeness (QED) is 0.162. The molecular weight excluding hydrogens is 912 g/mol. The first-order valence-corrected chi connectivity index (χ1v) is 28.1. The van der Waals surface area contributed by atoms with Crippen molar-refractivity contribution in [1.82, 2.24) is 0 Å². The van der Waals surface area contributed by atoms with Crippen molar-refractivity contribution in [3.05, 3.63) is 148 Å². The molecule has 0 spiro atoms. The van der Waals surface area contributed by atoms with Crippen molar-refractivity contribution in [1.29, 1.82) is 0 Å². The van der Waals surface area contributed by atoms with Gasteiger partial charge in [-0.25, -0.2) is 0 Å². The van der Waals surface area contributed by atoms with E-state index in [1.54, 1.807) is 0 Å². The van der Waals surface area contributed by atoms with Gasteiger partial charge in [-0.2, -0.15) is 0 Å². The highest BCUT2D eigenvalue weighted by Gasteiger charge is 2.47. The van der Waals surface area contributed by atoms with Gasteiger partial charge in [0, 0.05) is 67.8 Å². The Balaban J connectivity index is 1.19. The van der Waals surface area contributed by atoms with Crippen LogP contribution in [0.1, 0.15) is 182 Å². The summed E-state index contributed by atoms with van der Waals surface area (Å²) < 4.78 is 14.0. The molecule has 13 rings (SSSR count). The van der Waals surface area contributed by atoms with Crippen molar-refractivity contribution < 1.29 is 8.83 Å². The van der Waals surface area contributed by atoms with Crippen molar-refractivity contribution in [2.24, 2.45) is 0 Å². The van der Waals surface area contributed by atoms with Crippen LogP contribution in [0, 0.1) is 0 Å². The predicted molar refractivity (Wildman–Crippen MR) is 322 cm³/mol. The number of hydrogen-bond donors (Lipinski definition) is 0. The van der Waals surface area contributed by atoms with Gasteiger partial charge in [-0.1, -0.05) is 154 Å². The van der Waals surface area contributed by atoms with Crippen LogP contribution in [0.2, 0.25) is 0 Å². The minimum Gasteiger partial charge on any atom is -0.456 e. The van der Waals surface area contributed by atoms with E-state index in [0.29, 0.717) is 0 Å². The topological polar surface area (TPSA) is 32.8 Å². The number of hydrogen-bond acceptors (Lipinski definition) is 4. The highest BCUT2D eigenvalue weighted by Crippen LogP contribution is 2.53. The van der Waals surface area contributed by atoms with E-state index < -0.39 is 0 Å². The fourth-order valence-corrected chi connectivity index (χ4v) is 13.9. The number of anilines is 6. The summed E-state index contributed by atoms with van der Waals surface area (Å²) in [6.07, 6.45) is 4.64. The van der Waals surface area contributed by atoms with Crippen LogP contribution in [0.25, 0.3) is 43.9 Å². The van der Waals surface area contributed by atoms with Gasteiger partial charge in [0.05, 0.1) is 0 Å². The third-order valence-electron chi connectivity index (χ3n) is 19.0. The highest BCUT2D eigenvalue weighted by molar-refractivity contribution is 7.00. The fraction of sp³-hybridized carbons (Fsp3) is 0.400. The zero-order valence-corrected chi connectivity index (χ0v) is 48.0. The largest absolute Gasteiger partial charge is 0.456 e. The average molecular weight is 989 g/mol. The number of nitrogens with zero attached hydrogens (tertiary/aromatic N) is 2. The molecule has 382 valence electrons. The van der Waals surface area contributed by atoms with Crippen molar-refractivity contribution >= 4 is 101 Å². The van der Waals surface area contributed by atoms with Crippen LogP contribution in [-0.4, -0.2) is 6.71 Å². The second-order valence-electron chi connectivity index (χ2n) is 29.2. The van der Waals surface area contributed by atoms with Crippen molar-refractivity contribution in [3.63, 3.8) is 0 Å². The molecule has 9 aromatic rings. The van der Waals surface area contributed by atoms with E-state index in [9.17, 15) is 0 Å². The van der Waals surface area contributed by atoms with Gasteiger partial charge in [0.15, 0.2) is 0 Å². The summed E-state index contributed by atoms with van der Waals surface area (Å²) in [6, 6.07) is 43.5. The minimum absolute atomic E-state index is 0.0187. The van der Waals surface area contributed by atoms with E-state index in [1.165, 1.54) is 113 Å². The maximum Gasteiger partial charge on any atom is 0.252 e. The number of benzene rings is 7. The SMILES string of the molecule is CC(C)(C)c1cc2c3c(c1)N(c1ccc4c(c1)C(C)(C)CCC4(C)C)c1cc4oc5ccc(C(C)(C)C)cc5c4cc1B3c1cc3c(cc1N2c1ccc2c(c1)C(C)(C)CCC2(C)C)oc1ccc(C(C)(C)C)cc13. The average Bonchev–Trinajstić information content (AvgIpc) is 3.92. The summed E-state index contributed by atoms with van der Waals surface area (Å²) in [5.74, 6) is 0. The third-order valence-corrected chi connectivity index (χ3v) is 19.0. The maximum atomic E-state index is 7.00. The summed E-state index contributed by atoms with van der Waals surface area (Å²) in [7, 11) is 0. The molecule has 0 bridgehead atoms. The number of rotatable bonds is 2. The van der Waals surface area contributed by atoms with E-state index in [4.69, 9.17) is 8.83 Å². The zero-order valence-electron chi connectivity index (χ0n) is 48.0. The molecule has 4 aliphatic rings. The molecule has 2 aromatic heterocycles. The summed E-state index contributed by atoms with van der Waals surface area (Å²) >= 11 is 0. The molecule has 0 saturated carbocycles. The highest BCUT2D eigenvalue weighted by atomic mass is 16.3. The van der Waals surface area contributed by atoms with Crippen molar-refractivity contribution in [2.45, 2.75) is 181 Å². The molecule has 0 saturated heterocycles. The molecule has 0 N–H and O–H groups in total. The molecule has 4 nitrogen and oxygen atoms in total. The van der Waals surface area contributed by atoms with Gasteiger partial charge in [-0.3, -0.25) is 0 Å². The van der Waals surface area contributed by atoms with Crippen LogP contribution in [0.5, 0.6) is 0 Å². The molecule has 2 aliphatic carbocycles. The summed E-state index contributed by atoms with van der Waals surface area (Å²) in [5, 5.41) is 4.66. The Bertz CT molecular complexity index is 3680. The molecule has 7 aromatic carbocycles. The first-order valence-electron chi connectivity index (χ1n) is 28.1. The third kappa shape index (κ3) is 7.21. The molecule has 0 amide bonds. The molecule has 4 heterocycles. The van der Waals surface area contributed by atoms with Crippen LogP contribution in [0.4, 0.5) is 34.1 Å². The van der Waals surface area contributed by atoms with E-state index in [2.05, 4.69) is 237 Å². The lowest BCUT2D eigenvalue weighted by Gasteiger charge is -2.46. The first kappa shape index (κ1) is 48.4. The monoisotopic (exact) mass is 989 g/mol. The normalized spacial score (nSPS) is 18.3. The zero-order chi connectivity index (χ0) is 53.1. The Hall–Kier alpha value is -6.20. The van der Waals surface area contributed by atoms with Gasteiger partial charge in [0.1, 0.15) is 22.3 Å². The van der Waals surface area contributed by atoms with E-state index in [-0.39, 0.29) is 44.6 Å². The van der Waals surface area contributed by atoms with Gasteiger partial charge in [0.2, 0.25) is 0 Å². The summed E-state index contributed by atoms with van der Waals surface area (Å²) in [4.78, 5) is 5.27. The molecular formula is C70H77BN2O2. The van der Waals surface area contributed by atoms with Gasteiger partial charge >= 0.3 is 0 Å². The van der Waals surface area contributed by atoms with Crippen LogP contribution < -0.4 is 26.2 Å². The Kier molecular flexibility index (Phi) is 9.86. The smallest absolute Gasteiger partial charge is 0.252 e. The molecule has 2 aliphatic heterocycles. The summed E-state index contributed by atoms with van der Waals surface area (Å²) in [6.45, 7) is 40.4. The van der Waals surface area contributed by atoms with Gasteiger partial charge in [-0.05, 0) is 180 Å². The Morgan fingerprint density at radius 2 is 0.720 bits per heavy atom. The predicted octanol–water partition coefficient (Wildman–Crippen LogP) is 18.2. The van der Waals surface area contributed by atoms with E-state index in [1.807, 2.05) is 0 Å². The van der Waals surface area contributed by atoms with Gasteiger partial charge in [-0.15, -0.1) is 0 Å². The van der Waals surface area contributed by atoms with Crippen LogP contribution in [-0.2, 0) is 37.9 Å². The Labute approximate surface area is 447 Å². The first-order chi connectivity index (χ1) is 35.0. The van der Waals surface area contributed by atoms with Crippen molar-refractivity contribution in [2.75, 3.05) is 9.80 Å². The molecule has 5 heteroatoms. The molecule has 0 unspecified atom stereocenters. The Morgan fingerprint density at radius 1 is 0.360 bits per heavy atom. The lowest BCUT2D eigenvalue weighted by Crippen LogP contribution is -2.61. The molecule has 0 atom stereocenters. The summed E-state index contributed by atoms with van der Waals surface area (Å²) in [5.41, 5.74) is 24.6. The molecule has 75 heavy (non-hydrogen) atoms. The van der Waals surface area contributed by atoms with Crippen molar-refractivity contribution in [3.8, 4) is 0 Å². The minimum atomic E-state index is -0.163. The van der Waals surface area contributed by atoms with E-state index in [0.717, 1.165) is 45.9 Å². The van der Waals surface area contributed by atoms with Gasteiger partial charge in [0.25, 0.3) is 6.71 Å². The lowest BCUT2D eigenvalue weighted by molar-refractivity contribution is 0.332.